The molecule has 20 heavy (non-hydrogen) atoms. The predicted molar refractivity (Wildman–Crippen MR) is 85.1 cm³/mol. The van der Waals surface area contributed by atoms with E-state index in [1.165, 1.54) is 12.3 Å². The van der Waals surface area contributed by atoms with Crippen LogP contribution in [0.1, 0.15) is 5.56 Å². The summed E-state index contributed by atoms with van der Waals surface area (Å²) >= 11 is 12.3. The van der Waals surface area contributed by atoms with Crippen molar-refractivity contribution in [2.45, 2.75) is 11.4 Å². The van der Waals surface area contributed by atoms with Gasteiger partial charge in [0.25, 0.3) is 0 Å². The van der Waals surface area contributed by atoms with Gasteiger partial charge in [-0.3, -0.25) is 0 Å². The van der Waals surface area contributed by atoms with E-state index in [9.17, 15) is 8.42 Å². The van der Waals surface area contributed by atoms with E-state index in [4.69, 9.17) is 11.6 Å². The van der Waals surface area contributed by atoms with E-state index in [1.54, 1.807) is 0 Å². The van der Waals surface area contributed by atoms with Gasteiger partial charge in [0.15, 0.2) is 0 Å². The lowest BCUT2D eigenvalue weighted by Gasteiger charge is -2.08. The molecular formula is C12H9Br2ClN2O2S. The highest BCUT2D eigenvalue weighted by Crippen LogP contribution is 2.22. The number of sulfonamides is 1. The molecule has 0 amide bonds. The van der Waals surface area contributed by atoms with Gasteiger partial charge >= 0.3 is 0 Å². The van der Waals surface area contributed by atoms with Crippen LogP contribution in [-0.4, -0.2) is 13.4 Å². The summed E-state index contributed by atoms with van der Waals surface area (Å²) in [5.41, 5.74) is 0.835. The van der Waals surface area contributed by atoms with Gasteiger partial charge in [-0.15, -0.1) is 0 Å². The number of nitrogens with one attached hydrogen (secondary N) is 1. The Morgan fingerprint density at radius 1 is 1.20 bits per heavy atom. The lowest BCUT2D eigenvalue weighted by molar-refractivity contribution is 0.581. The van der Waals surface area contributed by atoms with E-state index >= 15 is 0 Å². The number of rotatable bonds is 4. The van der Waals surface area contributed by atoms with E-state index in [-0.39, 0.29) is 16.6 Å². The maximum absolute atomic E-state index is 12.2. The van der Waals surface area contributed by atoms with Crippen molar-refractivity contribution >= 4 is 53.5 Å². The maximum Gasteiger partial charge on any atom is 0.243 e. The number of aromatic nitrogens is 1. The van der Waals surface area contributed by atoms with E-state index in [0.29, 0.717) is 4.47 Å². The lowest BCUT2D eigenvalue weighted by Crippen LogP contribution is -2.23. The molecule has 0 bridgehead atoms. The fourth-order valence-corrected chi connectivity index (χ4v) is 3.90. The lowest BCUT2D eigenvalue weighted by atomic mass is 10.2. The summed E-state index contributed by atoms with van der Waals surface area (Å²) < 4.78 is 28.3. The van der Waals surface area contributed by atoms with Crippen LogP contribution in [0.4, 0.5) is 0 Å². The quantitative estimate of drug-likeness (QED) is 0.737. The zero-order valence-electron chi connectivity index (χ0n) is 9.98. The van der Waals surface area contributed by atoms with Gasteiger partial charge in [-0.2, -0.15) is 0 Å². The van der Waals surface area contributed by atoms with E-state index in [2.05, 4.69) is 41.6 Å². The van der Waals surface area contributed by atoms with E-state index in [1.807, 2.05) is 24.3 Å². The van der Waals surface area contributed by atoms with Gasteiger partial charge in [-0.05, 0) is 39.7 Å². The van der Waals surface area contributed by atoms with Crippen LogP contribution in [0.25, 0.3) is 0 Å². The number of pyridine rings is 1. The highest BCUT2D eigenvalue weighted by Gasteiger charge is 2.19. The normalized spacial score (nSPS) is 11.6. The van der Waals surface area contributed by atoms with Crippen LogP contribution >= 0.6 is 43.5 Å². The van der Waals surface area contributed by atoms with Crippen molar-refractivity contribution in [1.82, 2.24) is 9.71 Å². The maximum atomic E-state index is 12.2. The van der Waals surface area contributed by atoms with Gasteiger partial charge in [-0.1, -0.05) is 39.7 Å². The molecule has 0 saturated carbocycles. The number of benzene rings is 1. The van der Waals surface area contributed by atoms with Crippen molar-refractivity contribution in [3.63, 3.8) is 0 Å². The minimum Gasteiger partial charge on any atom is -0.242 e. The first-order valence-electron chi connectivity index (χ1n) is 5.43. The molecule has 0 unspecified atom stereocenters. The second-order valence-corrected chi connectivity index (χ2v) is 7.82. The number of halogens is 3. The molecule has 0 aliphatic carbocycles. The Bertz CT molecular complexity index is 738. The van der Waals surface area contributed by atoms with Crippen molar-refractivity contribution in [3.05, 3.63) is 56.2 Å². The first-order valence-corrected chi connectivity index (χ1v) is 8.88. The molecule has 0 spiro atoms. The first kappa shape index (κ1) is 15.9. The van der Waals surface area contributed by atoms with Crippen molar-refractivity contribution < 1.29 is 8.42 Å². The van der Waals surface area contributed by atoms with Crippen molar-refractivity contribution in [1.29, 1.82) is 0 Å². The van der Waals surface area contributed by atoms with Crippen LogP contribution in [0.3, 0.4) is 0 Å². The highest BCUT2D eigenvalue weighted by molar-refractivity contribution is 9.10. The van der Waals surface area contributed by atoms with Crippen LogP contribution < -0.4 is 4.72 Å². The van der Waals surface area contributed by atoms with Gasteiger partial charge in [0.05, 0.1) is 0 Å². The minimum absolute atomic E-state index is 0.0523. The molecule has 0 saturated heterocycles. The topological polar surface area (TPSA) is 59.1 Å². The Labute approximate surface area is 138 Å². The molecule has 0 aliphatic rings. The summed E-state index contributed by atoms with van der Waals surface area (Å²) in [6.07, 6.45) is 1.44. The molecule has 0 fully saturated rings. The number of nitrogens with zero attached hydrogens (tertiary/aromatic N) is 1. The summed E-state index contributed by atoms with van der Waals surface area (Å²) in [6.45, 7) is 0.171. The minimum atomic E-state index is -3.71. The van der Waals surface area contributed by atoms with Gasteiger partial charge < -0.3 is 0 Å². The standard InChI is InChI=1S/C12H9Br2ClN2O2S/c13-9-3-1-2-8(4-9)6-17-20(18,19)11-5-10(14)7-16-12(11)15/h1-5,7,17H,6H2. The Balaban J connectivity index is 2.21. The summed E-state index contributed by atoms with van der Waals surface area (Å²) in [7, 11) is -3.71. The summed E-state index contributed by atoms with van der Waals surface area (Å²) in [5.74, 6) is 0. The SMILES string of the molecule is O=S(=O)(NCc1cccc(Br)c1)c1cc(Br)cnc1Cl. The first-order chi connectivity index (χ1) is 9.38. The van der Waals surface area contributed by atoms with Crippen LogP contribution in [-0.2, 0) is 16.6 Å². The second-order valence-electron chi connectivity index (χ2n) is 3.90. The molecule has 106 valence electrons. The van der Waals surface area contributed by atoms with Crippen molar-refractivity contribution in [2.24, 2.45) is 0 Å². The monoisotopic (exact) mass is 438 g/mol. The highest BCUT2D eigenvalue weighted by atomic mass is 79.9. The summed E-state index contributed by atoms with van der Waals surface area (Å²) in [4.78, 5) is 3.75. The zero-order valence-corrected chi connectivity index (χ0v) is 14.7. The van der Waals surface area contributed by atoms with Crippen LogP contribution in [0.2, 0.25) is 5.15 Å². The number of hydrogen-bond acceptors (Lipinski definition) is 3. The molecule has 1 heterocycles. The largest absolute Gasteiger partial charge is 0.243 e. The molecule has 2 rings (SSSR count). The van der Waals surface area contributed by atoms with Gasteiger partial charge in [0, 0.05) is 21.7 Å². The molecule has 0 atom stereocenters. The Morgan fingerprint density at radius 3 is 2.65 bits per heavy atom. The molecule has 0 radical (unpaired) electrons. The molecule has 0 aliphatic heterocycles. The van der Waals surface area contributed by atoms with Crippen LogP contribution in [0.15, 0.2) is 50.4 Å². The van der Waals surface area contributed by atoms with E-state index in [0.717, 1.165) is 10.0 Å². The zero-order chi connectivity index (χ0) is 14.8. The molecule has 2 aromatic rings. The molecule has 1 N–H and O–H groups in total. The molecule has 1 aromatic carbocycles. The predicted octanol–water partition coefficient (Wildman–Crippen LogP) is 3.74. The van der Waals surface area contributed by atoms with Crippen molar-refractivity contribution in [2.75, 3.05) is 0 Å². The van der Waals surface area contributed by atoms with Crippen LogP contribution in [0, 0.1) is 0 Å². The Morgan fingerprint density at radius 2 is 1.95 bits per heavy atom. The third kappa shape index (κ3) is 4.02. The van der Waals surface area contributed by atoms with Crippen molar-refractivity contribution in [3.8, 4) is 0 Å². The number of hydrogen-bond donors (Lipinski definition) is 1. The molecular weight excluding hydrogens is 431 g/mol. The molecule has 4 nitrogen and oxygen atoms in total. The van der Waals surface area contributed by atoms with Crippen LogP contribution in [0.5, 0.6) is 0 Å². The fraction of sp³-hybridized carbons (Fsp3) is 0.0833. The molecule has 1 aromatic heterocycles. The average molecular weight is 441 g/mol. The Hall–Kier alpha value is -0.470. The summed E-state index contributed by atoms with van der Waals surface area (Å²) in [5, 5.41) is -0.0602. The third-order valence-corrected chi connectivity index (χ3v) is 5.17. The van der Waals surface area contributed by atoms with Gasteiger partial charge in [-0.25, -0.2) is 18.1 Å². The van der Waals surface area contributed by atoms with Gasteiger partial charge in [0.2, 0.25) is 10.0 Å². The van der Waals surface area contributed by atoms with Gasteiger partial charge in [0.1, 0.15) is 10.0 Å². The fourth-order valence-electron chi connectivity index (χ4n) is 1.50. The third-order valence-electron chi connectivity index (χ3n) is 2.42. The molecule has 8 heteroatoms. The average Bonchev–Trinajstić information content (AvgIpc) is 2.39. The smallest absolute Gasteiger partial charge is 0.242 e. The Kier molecular flexibility index (Phi) is 5.19. The summed E-state index contributed by atoms with van der Waals surface area (Å²) in [6, 6.07) is 8.78. The van der Waals surface area contributed by atoms with E-state index < -0.39 is 10.0 Å². The second kappa shape index (κ2) is 6.53.